The number of amides is 1. The molecule has 0 fully saturated rings. The van der Waals surface area contributed by atoms with Crippen molar-refractivity contribution in [1.82, 2.24) is 10.2 Å². The van der Waals surface area contributed by atoms with Crippen LogP contribution < -0.4 is 5.32 Å². The van der Waals surface area contributed by atoms with Crippen LogP contribution >= 0.6 is 11.8 Å². The van der Waals surface area contributed by atoms with Crippen LogP contribution in [0.25, 0.3) is 0 Å². The minimum absolute atomic E-state index is 0.0705. The predicted octanol–water partition coefficient (Wildman–Crippen LogP) is 0.789. The average molecular weight is 255 g/mol. The van der Waals surface area contributed by atoms with E-state index in [1.54, 1.807) is 18.9 Å². The van der Waals surface area contributed by atoms with E-state index < -0.39 is 0 Å². The van der Waals surface area contributed by atoms with Crippen molar-refractivity contribution in [2.45, 2.75) is 12.8 Å². The van der Waals surface area contributed by atoms with Crippen molar-refractivity contribution in [2.75, 3.05) is 33.4 Å². The second kappa shape index (κ2) is 6.07. The molecule has 0 spiro atoms. The molecule has 2 aliphatic rings. The maximum absolute atomic E-state index is 11.7. The van der Waals surface area contributed by atoms with E-state index in [0.29, 0.717) is 19.6 Å². The van der Waals surface area contributed by atoms with Gasteiger partial charge in [0, 0.05) is 32.5 Å². The van der Waals surface area contributed by atoms with Gasteiger partial charge in [-0.15, -0.1) is 0 Å². The number of hydrogen-bond donors (Lipinski definition) is 1. The van der Waals surface area contributed by atoms with Crippen molar-refractivity contribution < 1.29 is 9.53 Å². The number of carbonyl (C=O) groups is 1. The number of hydrogen-bond acceptors (Lipinski definition) is 5. The van der Waals surface area contributed by atoms with Crippen LogP contribution in [0.2, 0.25) is 0 Å². The van der Waals surface area contributed by atoms with Gasteiger partial charge in [-0.3, -0.25) is 9.79 Å². The molecule has 0 saturated carbocycles. The zero-order valence-electron chi connectivity index (χ0n) is 9.94. The van der Waals surface area contributed by atoms with Crippen molar-refractivity contribution in [1.29, 1.82) is 0 Å². The number of nitrogens with zero attached hydrogens (tertiary/aromatic N) is 2. The lowest BCUT2D eigenvalue weighted by molar-refractivity contribution is -0.120. The van der Waals surface area contributed by atoms with Crippen LogP contribution in [-0.4, -0.2) is 49.3 Å². The molecule has 0 bridgehead atoms. The molecular formula is C11H17N3O2S. The summed E-state index contributed by atoms with van der Waals surface area (Å²) in [6, 6.07) is 0. The highest BCUT2D eigenvalue weighted by atomic mass is 32.2. The largest absolute Gasteiger partial charge is 0.385 e. The van der Waals surface area contributed by atoms with E-state index in [0.717, 1.165) is 30.4 Å². The van der Waals surface area contributed by atoms with Gasteiger partial charge in [0.2, 0.25) is 5.91 Å². The molecule has 6 heteroatoms. The molecule has 0 unspecified atom stereocenters. The third-order valence-corrected chi connectivity index (χ3v) is 3.59. The Morgan fingerprint density at radius 3 is 3.41 bits per heavy atom. The van der Waals surface area contributed by atoms with Gasteiger partial charge < -0.3 is 15.0 Å². The molecule has 2 aliphatic heterocycles. The van der Waals surface area contributed by atoms with Crippen molar-refractivity contribution >= 4 is 22.8 Å². The molecule has 1 amide bonds. The quantitative estimate of drug-likeness (QED) is 0.713. The highest BCUT2D eigenvalue weighted by Gasteiger charge is 2.27. The predicted molar refractivity (Wildman–Crippen MR) is 68.8 cm³/mol. The molecule has 5 nitrogen and oxygen atoms in total. The molecule has 2 rings (SSSR count). The van der Waals surface area contributed by atoms with Gasteiger partial charge >= 0.3 is 0 Å². The first-order valence-corrected chi connectivity index (χ1v) is 6.62. The summed E-state index contributed by atoms with van der Waals surface area (Å²) in [4.78, 5) is 18.2. The summed E-state index contributed by atoms with van der Waals surface area (Å²) in [5, 5.41) is 5.94. The number of nitrogens with one attached hydrogen (secondary N) is 1. The fraction of sp³-hybridized carbons (Fsp3) is 0.636. The smallest absolute Gasteiger partial charge is 0.225 e. The van der Waals surface area contributed by atoms with E-state index in [1.807, 2.05) is 5.41 Å². The SMILES string of the molecule is COCCCNC(=O)CC1=CSC2=NCCN12. The third kappa shape index (κ3) is 3.23. The van der Waals surface area contributed by atoms with Crippen molar-refractivity contribution in [3.05, 3.63) is 11.1 Å². The Morgan fingerprint density at radius 1 is 1.71 bits per heavy atom. The average Bonchev–Trinajstić information content (AvgIpc) is 2.89. The molecule has 0 radical (unpaired) electrons. The molecule has 0 aromatic heterocycles. The van der Waals surface area contributed by atoms with Crippen LogP contribution in [0.5, 0.6) is 0 Å². The van der Waals surface area contributed by atoms with E-state index in [1.165, 1.54) is 0 Å². The van der Waals surface area contributed by atoms with E-state index >= 15 is 0 Å². The standard InChI is InChI=1S/C11H17N3O2S/c1-16-6-2-3-12-10(15)7-9-8-17-11-13-4-5-14(9)11/h8H,2-7H2,1H3,(H,12,15). The Kier molecular flexibility index (Phi) is 4.44. The van der Waals surface area contributed by atoms with Gasteiger partial charge in [-0.05, 0) is 11.8 Å². The van der Waals surface area contributed by atoms with Gasteiger partial charge in [-0.1, -0.05) is 11.8 Å². The molecule has 0 aliphatic carbocycles. The number of methoxy groups -OCH3 is 1. The van der Waals surface area contributed by atoms with E-state index in [9.17, 15) is 4.79 Å². The van der Waals surface area contributed by atoms with Gasteiger partial charge in [0.1, 0.15) is 0 Å². The van der Waals surface area contributed by atoms with Crippen molar-refractivity contribution in [2.24, 2.45) is 4.99 Å². The Balaban J connectivity index is 1.70. The Morgan fingerprint density at radius 2 is 2.59 bits per heavy atom. The molecule has 1 N–H and O–H groups in total. The first kappa shape index (κ1) is 12.4. The van der Waals surface area contributed by atoms with E-state index in [-0.39, 0.29) is 5.91 Å². The summed E-state index contributed by atoms with van der Waals surface area (Å²) in [5.74, 6) is 0.0705. The lowest BCUT2D eigenvalue weighted by Crippen LogP contribution is -2.29. The topological polar surface area (TPSA) is 53.9 Å². The van der Waals surface area contributed by atoms with E-state index in [2.05, 4.69) is 15.2 Å². The van der Waals surface area contributed by atoms with E-state index in [4.69, 9.17) is 4.74 Å². The summed E-state index contributed by atoms with van der Waals surface area (Å²) in [6.45, 7) is 3.11. The zero-order valence-corrected chi connectivity index (χ0v) is 10.8. The Labute approximate surface area is 105 Å². The fourth-order valence-corrected chi connectivity index (χ4v) is 2.74. The third-order valence-electron chi connectivity index (χ3n) is 2.64. The summed E-state index contributed by atoms with van der Waals surface area (Å²) in [7, 11) is 1.66. The highest BCUT2D eigenvalue weighted by molar-refractivity contribution is 8.16. The number of ether oxygens (including phenoxy) is 1. The van der Waals surface area contributed by atoms with Gasteiger partial charge in [-0.25, -0.2) is 0 Å². The zero-order chi connectivity index (χ0) is 12.1. The minimum atomic E-state index is 0.0705. The minimum Gasteiger partial charge on any atom is -0.385 e. The molecular weight excluding hydrogens is 238 g/mol. The summed E-state index contributed by atoms with van der Waals surface area (Å²) < 4.78 is 4.92. The molecule has 94 valence electrons. The number of aliphatic imine (C=N–C) groups is 1. The first-order chi connectivity index (χ1) is 8.31. The number of carbonyl (C=O) groups excluding carboxylic acids is 1. The van der Waals surface area contributed by atoms with Crippen molar-refractivity contribution in [3.63, 3.8) is 0 Å². The number of amidine groups is 1. The van der Waals surface area contributed by atoms with Crippen molar-refractivity contribution in [3.8, 4) is 0 Å². The maximum atomic E-state index is 11.7. The lowest BCUT2D eigenvalue weighted by Gasteiger charge is -2.16. The Bertz CT molecular complexity index is 355. The van der Waals surface area contributed by atoms with Crippen LogP contribution in [0.1, 0.15) is 12.8 Å². The fourth-order valence-electron chi connectivity index (χ4n) is 1.79. The molecule has 17 heavy (non-hydrogen) atoms. The highest BCUT2D eigenvalue weighted by Crippen LogP contribution is 2.30. The summed E-state index contributed by atoms with van der Waals surface area (Å²) in [5.41, 5.74) is 1.07. The molecule has 0 saturated heterocycles. The molecule has 0 aromatic carbocycles. The van der Waals surface area contributed by atoms with Crippen LogP contribution in [0, 0.1) is 0 Å². The van der Waals surface area contributed by atoms with Gasteiger partial charge in [0.05, 0.1) is 13.0 Å². The van der Waals surface area contributed by atoms with Crippen LogP contribution in [0.15, 0.2) is 16.1 Å². The molecule has 2 heterocycles. The van der Waals surface area contributed by atoms with Gasteiger partial charge in [0.15, 0.2) is 5.17 Å². The molecule has 0 atom stereocenters. The second-order valence-corrected chi connectivity index (χ2v) is 4.75. The van der Waals surface area contributed by atoms with Crippen LogP contribution in [0.3, 0.4) is 0 Å². The molecule has 0 aromatic rings. The maximum Gasteiger partial charge on any atom is 0.225 e. The van der Waals surface area contributed by atoms with Gasteiger partial charge in [-0.2, -0.15) is 0 Å². The Hall–Kier alpha value is -1.01. The summed E-state index contributed by atoms with van der Waals surface area (Å²) >= 11 is 1.61. The first-order valence-electron chi connectivity index (χ1n) is 5.74. The monoisotopic (exact) mass is 255 g/mol. The van der Waals surface area contributed by atoms with Crippen LogP contribution in [-0.2, 0) is 9.53 Å². The lowest BCUT2D eigenvalue weighted by atomic mass is 10.3. The number of thioether (sulfide) groups is 1. The van der Waals surface area contributed by atoms with Gasteiger partial charge in [0.25, 0.3) is 0 Å². The normalized spacial score (nSPS) is 17.8. The second-order valence-electron chi connectivity index (χ2n) is 3.92. The number of fused-ring (bicyclic) bond motifs is 1. The summed E-state index contributed by atoms with van der Waals surface area (Å²) in [6.07, 6.45) is 1.30. The number of rotatable bonds is 6. The van der Waals surface area contributed by atoms with Crippen LogP contribution in [0.4, 0.5) is 0 Å².